The van der Waals surface area contributed by atoms with Crippen LogP contribution >= 0.6 is 0 Å². The molecule has 0 bridgehead atoms. The van der Waals surface area contributed by atoms with Gasteiger partial charge >= 0.3 is 0 Å². The van der Waals surface area contributed by atoms with Crippen molar-refractivity contribution in [2.45, 2.75) is 44.0 Å². The number of hydrogen-bond acceptors (Lipinski definition) is 4. The summed E-state index contributed by atoms with van der Waals surface area (Å²) in [6.45, 7) is 4.25. The van der Waals surface area contributed by atoms with Crippen molar-refractivity contribution < 1.29 is 13.2 Å². The van der Waals surface area contributed by atoms with Gasteiger partial charge in [0.25, 0.3) is 0 Å². The van der Waals surface area contributed by atoms with Crippen molar-refractivity contribution in [3.05, 3.63) is 53.9 Å². The van der Waals surface area contributed by atoms with Crippen LogP contribution in [0.25, 0.3) is 0 Å². The summed E-state index contributed by atoms with van der Waals surface area (Å²) in [6, 6.07) is 10.3. The van der Waals surface area contributed by atoms with E-state index in [1.807, 2.05) is 32.0 Å². The Kier molecular flexibility index (Phi) is 5.38. The highest BCUT2D eigenvalue weighted by Crippen LogP contribution is 2.30. The van der Waals surface area contributed by atoms with Crippen LogP contribution in [0.3, 0.4) is 0 Å². The third kappa shape index (κ3) is 3.94. The first-order valence-electron chi connectivity index (χ1n) is 8.76. The lowest BCUT2D eigenvalue weighted by Gasteiger charge is -2.17. The van der Waals surface area contributed by atoms with E-state index >= 15 is 0 Å². The van der Waals surface area contributed by atoms with E-state index in [4.69, 9.17) is 0 Å². The largest absolute Gasteiger partial charge is 0.312 e. The van der Waals surface area contributed by atoms with Crippen molar-refractivity contribution in [3.63, 3.8) is 0 Å². The molecular weight excluding hydrogens is 350 g/mol. The molecule has 2 heterocycles. The van der Waals surface area contributed by atoms with Crippen LogP contribution in [0, 0.1) is 0 Å². The van der Waals surface area contributed by atoms with Crippen molar-refractivity contribution in [1.29, 1.82) is 0 Å². The minimum Gasteiger partial charge on any atom is -0.312 e. The van der Waals surface area contributed by atoms with Crippen LogP contribution < -0.4 is 9.62 Å². The van der Waals surface area contributed by atoms with Gasteiger partial charge in [0.2, 0.25) is 15.9 Å². The van der Waals surface area contributed by atoms with Crippen molar-refractivity contribution >= 4 is 21.6 Å². The smallest absolute Gasteiger partial charge is 0.240 e. The van der Waals surface area contributed by atoms with Crippen LogP contribution in [0.4, 0.5) is 5.69 Å². The predicted molar refractivity (Wildman–Crippen MR) is 101 cm³/mol. The first kappa shape index (κ1) is 18.5. The van der Waals surface area contributed by atoms with Gasteiger partial charge in [-0.1, -0.05) is 13.0 Å². The summed E-state index contributed by atoms with van der Waals surface area (Å²) in [7, 11) is -3.63. The lowest BCUT2D eigenvalue weighted by Crippen LogP contribution is -2.34. The zero-order valence-electron chi connectivity index (χ0n) is 15.0. The standard InChI is InChI=1S/C19H23N3O3S/c1-3-19(23)22-11-9-15-13-17(7-8-18(15)22)26(24,25)21-14(2)12-16-6-4-5-10-20-16/h4-8,10,13-14,21H,3,9,11-12H2,1-2H3. The number of amides is 1. The molecule has 0 aliphatic carbocycles. The molecule has 2 aromatic rings. The number of rotatable bonds is 6. The quantitative estimate of drug-likeness (QED) is 0.843. The van der Waals surface area contributed by atoms with E-state index in [0.29, 0.717) is 25.8 Å². The Morgan fingerprint density at radius 3 is 2.81 bits per heavy atom. The van der Waals surface area contributed by atoms with Crippen LogP contribution in [0.1, 0.15) is 31.5 Å². The molecule has 1 unspecified atom stereocenters. The summed E-state index contributed by atoms with van der Waals surface area (Å²) in [5, 5.41) is 0. The minimum absolute atomic E-state index is 0.0569. The van der Waals surface area contributed by atoms with E-state index in [0.717, 1.165) is 16.9 Å². The van der Waals surface area contributed by atoms with Gasteiger partial charge in [0.1, 0.15) is 0 Å². The number of nitrogens with zero attached hydrogens (tertiary/aromatic N) is 2. The second-order valence-electron chi connectivity index (χ2n) is 6.49. The van der Waals surface area contributed by atoms with Crippen LogP contribution in [-0.2, 0) is 27.7 Å². The van der Waals surface area contributed by atoms with Crippen LogP contribution in [0.5, 0.6) is 0 Å². The van der Waals surface area contributed by atoms with Gasteiger partial charge in [-0.05, 0) is 49.2 Å². The molecule has 1 aliphatic rings. The zero-order valence-corrected chi connectivity index (χ0v) is 15.8. The molecule has 7 heteroatoms. The first-order chi connectivity index (χ1) is 12.4. The van der Waals surface area contributed by atoms with Crippen molar-refractivity contribution in [3.8, 4) is 0 Å². The molecule has 138 valence electrons. The number of anilines is 1. The molecule has 1 aromatic heterocycles. The normalized spacial score (nSPS) is 14.9. The fourth-order valence-corrected chi connectivity index (χ4v) is 4.50. The van der Waals surface area contributed by atoms with E-state index in [9.17, 15) is 13.2 Å². The Hall–Kier alpha value is -2.25. The summed E-state index contributed by atoms with van der Waals surface area (Å²) < 4.78 is 28.1. The van der Waals surface area contributed by atoms with Gasteiger partial charge in [-0.2, -0.15) is 0 Å². The maximum absolute atomic E-state index is 12.7. The van der Waals surface area contributed by atoms with Crippen molar-refractivity contribution in [1.82, 2.24) is 9.71 Å². The van der Waals surface area contributed by atoms with Crippen molar-refractivity contribution in [2.24, 2.45) is 0 Å². The molecule has 1 aliphatic heterocycles. The van der Waals surface area contributed by atoms with E-state index in [1.54, 1.807) is 29.3 Å². The molecule has 1 atom stereocenters. The molecule has 0 spiro atoms. The Morgan fingerprint density at radius 1 is 1.31 bits per heavy atom. The van der Waals surface area contributed by atoms with Gasteiger partial charge in [0.15, 0.2) is 0 Å². The van der Waals surface area contributed by atoms with Crippen LogP contribution in [-0.4, -0.2) is 31.9 Å². The third-order valence-electron chi connectivity index (χ3n) is 4.46. The average molecular weight is 373 g/mol. The van der Waals surface area contributed by atoms with E-state index < -0.39 is 10.0 Å². The van der Waals surface area contributed by atoms with Gasteiger partial charge in [-0.25, -0.2) is 13.1 Å². The first-order valence-corrected chi connectivity index (χ1v) is 10.2. The summed E-state index contributed by atoms with van der Waals surface area (Å²) >= 11 is 0. The topological polar surface area (TPSA) is 79.4 Å². The summed E-state index contributed by atoms with van der Waals surface area (Å²) in [5.41, 5.74) is 2.55. The Bertz CT molecular complexity index is 898. The fourth-order valence-electron chi connectivity index (χ4n) is 3.20. The number of hydrogen-bond donors (Lipinski definition) is 1. The molecular formula is C19H23N3O3S. The Balaban J connectivity index is 1.75. The van der Waals surface area contributed by atoms with Gasteiger partial charge < -0.3 is 4.90 Å². The second kappa shape index (κ2) is 7.55. The molecule has 0 saturated carbocycles. The number of fused-ring (bicyclic) bond motifs is 1. The maximum atomic E-state index is 12.7. The Morgan fingerprint density at radius 2 is 2.12 bits per heavy atom. The molecule has 0 fully saturated rings. The summed E-state index contributed by atoms with van der Waals surface area (Å²) in [4.78, 5) is 18.2. The number of carbonyl (C=O) groups excluding carboxylic acids is 1. The van der Waals surface area contributed by atoms with Gasteiger partial charge in [0.05, 0.1) is 4.90 Å². The predicted octanol–water partition coefficient (Wildman–Crippen LogP) is 2.29. The molecule has 3 rings (SSSR count). The van der Waals surface area contributed by atoms with Crippen LogP contribution in [0.15, 0.2) is 47.5 Å². The fraction of sp³-hybridized carbons (Fsp3) is 0.368. The Labute approximate surface area is 154 Å². The number of pyridine rings is 1. The van der Waals surface area contributed by atoms with E-state index in [1.165, 1.54) is 0 Å². The number of aromatic nitrogens is 1. The average Bonchev–Trinajstić information content (AvgIpc) is 3.04. The highest BCUT2D eigenvalue weighted by atomic mass is 32.2. The second-order valence-corrected chi connectivity index (χ2v) is 8.20. The number of benzene rings is 1. The molecule has 0 radical (unpaired) electrons. The summed E-state index contributed by atoms with van der Waals surface area (Å²) in [6.07, 6.45) is 3.32. The lowest BCUT2D eigenvalue weighted by molar-refractivity contribution is -0.118. The molecule has 26 heavy (non-hydrogen) atoms. The van der Waals surface area contributed by atoms with Gasteiger partial charge in [-0.3, -0.25) is 9.78 Å². The molecule has 1 N–H and O–H groups in total. The van der Waals surface area contributed by atoms with E-state index in [-0.39, 0.29) is 16.8 Å². The molecule has 1 amide bonds. The lowest BCUT2D eigenvalue weighted by atomic mass is 10.2. The minimum atomic E-state index is -3.63. The third-order valence-corrected chi connectivity index (χ3v) is 6.05. The van der Waals surface area contributed by atoms with Gasteiger partial charge in [-0.15, -0.1) is 0 Å². The van der Waals surface area contributed by atoms with E-state index in [2.05, 4.69) is 9.71 Å². The molecule has 6 nitrogen and oxygen atoms in total. The number of carbonyl (C=O) groups is 1. The highest BCUT2D eigenvalue weighted by Gasteiger charge is 2.26. The zero-order chi connectivity index (χ0) is 18.7. The molecule has 0 saturated heterocycles. The summed E-state index contributed by atoms with van der Waals surface area (Å²) in [5.74, 6) is 0.0569. The van der Waals surface area contributed by atoms with Gasteiger partial charge in [0, 0.05) is 43.0 Å². The molecule has 1 aromatic carbocycles. The van der Waals surface area contributed by atoms with Crippen LogP contribution in [0.2, 0.25) is 0 Å². The number of sulfonamides is 1. The SMILES string of the molecule is CCC(=O)N1CCc2cc(S(=O)(=O)NC(C)Cc3ccccn3)ccc21. The monoisotopic (exact) mass is 373 g/mol. The maximum Gasteiger partial charge on any atom is 0.240 e. The van der Waals surface area contributed by atoms with Crippen molar-refractivity contribution in [2.75, 3.05) is 11.4 Å². The number of nitrogens with one attached hydrogen (secondary N) is 1. The highest BCUT2D eigenvalue weighted by molar-refractivity contribution is 7.89.